The average molecular weight is 310 g/mol. The number of hydrogen-bond donors (Lipinski definition) is 1. The Kier molecular flexibility index (Phi) is 4.19. The van der Waals surface area contributed by atoms with Crippen molar-refractivity contribution in [1.29, 1.82) is 0 Å². The highest BCUT2D eigenvalue weighted by atomic mass is 32.2. The van der Waals surface area contributed by atoms with Crippen LogP contribution in [0.1, 0.15) is 31.2 Å². The van der Waals surface area contributed by atoms with Crippen molar-refractivity contribution >= 4 is 10.0 Å². The second kappa shape index (κ2) is 5.94. The number of benzene rings is 1. The van der Waals surface area contributed by atoms with Gasteiger partial charge < -0.3 is 10.5 Å². The molecule has 0 saturated carbocycles. The van der Waals surface area contributed by atoms with E-state index >= 15 is 0 Å². The summed E-state index contributed by atoms with van der Waals surface area (Å²) in [5.74, 6) is 0.814. The maximum Gasteiger partial charge on any atom is 0.243 e. The van der Waals surface area contributed by atoms with Gasteiger partial charge in [-0.15, -0.1) is 0 Å². The molecule has 5 nitrogen and oxygen atoms in total. The number of aryl methyl sites for hydroxylation is 1. The van der Waals surface area contributed by atoms with Crippen LogP contribution in [0.15, 0.2) is 23.1 Å². The van der Waals surface area contributed by atoms with Gasteiger partial charge in [0, 0.05) is 19.1 Å². The molecular formula is C15H22N2O3S. The molecule has 3 rings (SSSR count). The zero-order valence-corrected chi connectivity index (χ0v) is 12.9. The number of nitrogens with two attached hydrogens (primary N) is 1. The first-order chi connectivity index (χ1) is 10.1. The Hall–Kier alpha value is -1.11. The molecular weight excluding hydrogens is 288 g/mol. The smallest absolute Gasteiger partial charge is 0.243 e. The Bertz CT molecular complexity index is 615. The van der Waals surface area contributed by atoms with Crippen LogP contribution in [0.4, 0.5) is 0 Å². The fraction of sp³-hybridized carbons (Fsp3) is 0.600. The highest BCUT2D eigenvalue weighted by Crippen LogP contribution is 2.30. The average Bonchev–Trinajstić information content (AvgIpc) is 2.54. The Morgan fingerprint density at radius 3 is 2.95 bits per heavy atom. The topological polar surface area (TPSA) is 72.6 Å². The summed E-state index contributed by atoms with van der Waals surface area (Å²) < 4.78 is 32.9. The quantitative estimate of drug-likeness (QED) is 0.918. The van der Waals surface area contributed by atoms with Crippen molar-refractivity contribution in [2.75, 3.05) is 19.7 Å². The molecule has 1 saturated heterocycles. The molecule has 116 valence electrons. The van der Waals surface area contributed by atoms with Crippen molar-refractivity contribution in [3.05, 3.63) is 23.8 Å². The zero-order chi connectivity index (χ0) is 14.9. The van der Waals surface area contributed by atoms with E-state index in [0.29, 0.717) is 24.6 Å². The van der Waals surface area contributed by atoms with E-state index in [9.17, 15) is 8.42 Å². The first-order valence-electron chi connectivity index (χ1n) is 7.60. The van der Waals surface area contributed by atoms with Gasteiger partial charge in [0.2, 0.25) is 10.0 Å². The van der Waals surface area contributed by atoms with E-state index in [1.54, 1.807) is 22.5 Å². The summed E-state index contributed by atoms with van der Waals surface area (Å²) in [5, 5.41) is 0. The molecule has 2 aliphatic heterocycles. The molecule has 6 heteroatoms. The number of sulfonamides is 1. The van der Waals surface area contributed by atoms with Crippen molar-refractivity contribution in [2.45, 2.75) is 43.0 Å². The number of piperidine rings is 1. The van der Waals surface area contributed by atoms with Gasteiger partial charge in [-0.05, 0) is 49.4 Å². The maximum absolute atomic E-state index is 12.9. The molecule has 2 aliphatic rings. The SMILES string of the molecule is NCC1CCCCN1S(=O)(=O)c1ccc2c(c1)CCCO2. The summed E-state index contributed by atoms with van der Waals surface area (Å²) in [4.78, 5) is 0.368. The minimum atomic E-state index is -3.46. The molecule has 1 atom stereocenters. The van der Waals surface area contributed by atoms with Crippen molar-refractivity contribution in [3.8, 4) is 5.75 Å². The number of ether oxygens (including phenoxy) is 1. The van der Waals surface area contributed by atoms with Crippen molar-refractivity contribution in [3.63, 3.8) is 0 Å². The summed E-state index contributed by atoms with van der Waals surface area (Å²) in [7, 11) is -3.46. The lowest BCUT2D eigenvalue weighted by atomic mass is 10.1. The van der Waals surface area contributed by atoms with Crippen LogP contribution in [0.2, 0.25) is 0 Å². The normalized spacial score (nSPS) is 23.4. The van der Waals surface area contributed by atoms with Crippen LogP contribution in [0.5, 0.6) is 5.75 Å². The van der Waals surface area contributed by atoms with Crippen LogP contribution in [0.25, 0.3) is 0 Å². The Morgan fingerprint density at radius 1 is 1.29 bits per heavy atom. The third kappa shape index (κ3) is 2.80. The summed E-state index contributed by atoms with van der Waals surface area (Å²) in [5.41, 5.74) is 6.74. The van der Waals surface area contributed by atoms with Crippen molar-refractivity contribution in [2.24, 2.45) is 5.73 Å². The highest BCUT2D eigenvalue weighted by Gasteiger charge is 2.33. The van der Waals surface area contributed by atoms with Crippen LogP contribution in [0.3, 0.4) is 0 Å². The largest absolute Gasteiger partial charge is 0.493 e. The zero-order valence-electron chi connectivity index (χ0n) is 12.1. The monoisotopic (exact) mass is 310 g/mol. The van der Waals surface area contributed by atoms with E-state index in [1.807, 2.05) is 0 Å². The van der Waals surface area contributed by atoms with Gasteiger partial charge in [0.25, 0.3) is 0 Å². The number of hydrogen-bond acceptors (Lipinski definition) is 4. The molecule has 1 fully saturated rings. The molecule has 0 bridgehead atoms. The molecule has 2 N–H and O–H groups in total. The first kappa shape index (κ1) is 14.8. The molecule has 1 aromatic carbocycles. The molecule has 0 aliphatic carbocycles. The van der Waals surface area contributed by atoms with Crippen LogP contribution in [-0.4, -0.2) is 38.5 Å². The fourth-order valence-corrected chi connectivity index (χ4v) is 4.91. The second-order valence-electron chi connectivity index (χ2n) is 5.72. The van der Waals surface area contributed by atoms with Crippen molar-refractivity contribution in [1.82, 2.24) is 4.31 Å². The molecule has 0 radical (unpaired) electrons. The molecule has 1 unspecified atom stereocenters. The summed E-state index contributed by atoms with van der Waals surface area (Å²) in [6.45, 7) is 1.66. The van der Waals surface area contributed by atoms with E-state index in [0.717, 1.165) is 43.4 Å². The maximum atomic E-state index is 12.9. The van der Waals surface area contributed by atoms with Crippen LogP contribution in [-0.2, 0) is 16.4 Å². The van der Waals surface area contributed by atoms with Crippen LogP contribution >= 0.6 is 0 Å². The lowest BCUT2D eigenvalue weighted by molar-refractivity contribution is 0.257. The minimum absolute atomic E-state index is 0.0731. The Labute approximate surface area is 126 Å². The van der Waals surface area contributed by atoms with Gasteiger partial charge in [-0.3, -0.25) is 0 Å². The fourth-order valence-electron chi connectivity index (χ4n) is 3.16. The van der Waals surface area contributed by atoms with Gasteiger partial charge in [-0.1, -0.05) is 6.42 Å². The van der Waals surface area contributed by atoms with E-state index in [-0.39, 0.29) is 6.04 Å². The molecule has 21 heavy (non-hydrogen) atoms. The highest BCUT2D eigenvalue weighted by molar-refractivity contribution is 7.89. The summed E-state index contributed by atoms with van der Waals surface area (Å²) in [6.07, 6.45) is 4.62. The molecule has 2 heterocycles. The van der Waals surface area contributed by atoms with Gasteiger partial charge >= 0.3 is 0 Å². The van der Waals surface area contributed by atoms with E-state index in [1.165, 1.54) is 0 Å². The minimum Gasteiger partial charge on any atom is -0.493 e. The number of rotatable bonds is 3. The number of fused-ring (bicyclic) bond motifs is 1. The first-order valence-corrected chi connectivity index (χ1v) is 9.04. The van der Waals surface area contributed by atoms with Gasteiger partial charge in [0.15, 0.2) is 0 Å². The van der Waals surface area contributed by atoms with Crippen molar-refractivity contribution < 1.29 is 13.2 Å². The predicted molar refractivity (Wildman–Crippen MR) is 80.8 cm³/mol. The standard InChI is InChI=1S/C15H22N2O3S/c16-11-13-5-1-2-8-17(13)21(18,19)14-6-7-15-12(10-14)4-3-9-20-15/h6-7,10,13H,1-5,8-9,11,16H2. The van der Waals surface area contributed by atoms with Gasteiger partial charge in [-0.2, -0.15) is 4.31 Å². The Morgan fingerprint density at radius 2 is 2.14 bits per heavy atom. The summed E-state index contributed by atoms with van der Waals surface area (Å²) in [6, 6.07) is 5.13. The van der Waals surface area contributed by atoms with Gasteiger partial charge in [0.05, 0.1) is 11.5 Å². The second-order valence-corrected chi connectivity index (χ2v) is 7.61. The molecule has 1 aromatic rings. The number of nitrogens with zero attached hydrogens (tertiary/aromatic N) is 1. The lowest BCUT2D eigenvalue weighted by Crippen LogP contribution is -2.47. The van der Waals surface area contributed by atoms with Gasteiger partial charge in [-0.25, -0.2) is 8.42 Å². The van der Waals surface area contributed by atoms with Crippen LogP contribution < -0.4 is 10.5 Å². The van der Waals surface area contributed by atoms with E-state index in [4.69, 9.17) is 10.5 Å². The molecule has 0 aromatic heterocycles. The Balaban J connectivity index is 1.94. The lowest BCUT2D eigenvalue weighted by Gasteiger charge is -2.34. The van der Waals surface area contributed by atoms with Crippen LogP contribution in [0, 0.1) is 0 Å². The third-order valence-corrected chi connectivity index (χ3v) is 6.28. The van der Waals surface area contributed by atoms with Gasteiger partial charge in [0.1, 0.15) is 5.75 Å². The van der Waals surface area contributed by atoms with E-state index < -0.39 is 10.0 Å². The van der Waals surface area contributed by atoms with E-state index in [2.05, 4.69) is 0 Å². The molecule has 0 spiro atoms. The third-order valence-electron chi connectivity index (χ3n) is 4.33. The summed E-state index contributed by atoms with van der Waals surface area (Å²) >= 11 is 0. The predicted octanol–water partition coefficient (Wildman–Crippen LogP) is 1.51. The molecule has 0 amide bonds.